The number of aromatic nitrogens is 12. The van der Waals surface area contributed by atoms with Crippen LogP contribution in [0, 0.1) is 29.5 Å². The Bertz CT molecular complexity index is 4600. The number of rotatable bonds is 28. The fourth-order valence-electron chi connectivity index (χ4n) is 23.8. The highest BCUT2D eigenvalue weighted by atomic mass is 35.5. The molecule has 0 spiro atoms. The lowest BCUT2D eigenvalue weighted by atomic mass is 9.89. The monoisotopic (exact) mass is 2070 g/mol. The van der Waals surface area contributed by atoms with Gasteiger partial charge in [0, 0.05) is 200 Å². The minimum absolute atomic E-state index is 0. The number of fused-ring (bicyclic) bond motifs is 4. The number of halogens is 14. The lowest BCUT2D eigenvalue weighted by molar-refractivity contribution is -0.138. The molecule has 12 heterocycles. The van der Waals surface area contributed by atoms with E-state index in [1.807, 2.05) is 23.9 Å². The third kappa shape index (κ3) is 27.3. The number of anilines is 4. The van der Waals surface area contributed by atoms with Crippen molar-refractivity contribution in [3.8, 4) is 0 Å². The van der Waals surface area contributed by atoms with Crippen molar-refractivity contribution in [2.75, 3.05) is 147 Å². The van der Waals surface area contributed by atoms with Gasteiger partial charge in [0.2, 0.25) is 0 Å². The topological polar surface area (TPSA) is 149 Å². The van der Waals surface area contributed by atoms with E-state index >= 15 is 0 Å². The lowest BCUT2D eigenvalue weighted by Gasteiger charge is -2.27. The summed E-state index contributed by atoms with van der Waals surface area (Å²) in [4.78, 5) is 19.6. The molecule has 0 bridgehead atoms. The summed E-state index contributed by atoms with van der Waals surface area (Å²) in [6, 6.07) is 25.8. The Morgan fingerprint density at radius 3 is 0.679 bits per heavy atom. The van der Waals surface area contributed by atoms with Gasteiger partial charge >= 0.3 is 18.5 Å². The second-order valence-corrected chi connectivity index (χ2v) is 43.9. The van der Waals surface area contributed by atoms with Crippen molar-refractivity contribution in [1.29, 1.82) is 0 Å². The van der Waals surface area contributed by atoms with Crippen LogP contribution >= 0.6 is 96.7 Å². The Kier molecular flexibility index (Phi) is 39.8. The van der Waals surface area contributed by atoms with Crippen LogP contribution in [0.5, 0.6) is 0 Å². The zero-order valence-corrected chi connectivity index (χ0v) is 86.1. The van der Waals surface area contributed by atoms with Crippen molar-refractivity contribution in [3.05, 3.63) is 143 Å². The SMILES string of the molecule is Cl.Cl.Cl.Cl.Cn1c(SCCCN2CC3CCN(c4ccc(F)cc4)C3C2)nnc1C1CCCCC1.Cn1c(SCCCN2C[C@@H]3CCN(c4ccc(C(F)(F)F)cc4)[C@@H]3C2)nnc1C1CCCCC1.Cn1c(SCCCN2C[C@H]3CCN(c4ccc(C(F)(F)F)cc4)[C@H]3C2)nnc1C1CCCCC1.Cn1c(SCCCN2C[C@H]3CCN(c4ccc(C(F)(F)F)cc4)[C@H]3C2)nnc1C1CCCCC1. The van der Waals surface area contributed by atoms with E-state index in [0.717, 1.165) is 221 Å². The third-order valence-corrected chi connectivity index (χ3v) is 35.4. The summed E-state index contributed by atoms with van der Waals surface area (Å²) in [7, 11) is 8.44. The lowest BCUT2D eigenvalue weighted by Crippen LogP contribution is -2.35. The summed E-state index contributed by atoms with van der Waals surface area (Å²) in [5.74, 6) is 13.5. The van der Waals surface area contributed by atoms with Gasteiger partial charge in [-0.1, -0.05) is 124 Å². The Labute approximate surface area is 844 Å². The van der Waals surface area contributed by atoms with Crippen molar-refractivity contribution >= 4 is 119 Å². The highest BCUT2D eigenvalue weighted by molar-refractivity contribution is 7.99. The zero-order valence-electron chi connectivity index (χ0n) is 79.6. The Hall–Kier alpha value is -5.66. The number of benzene rings is 4. The van der Waals surface area contributed by atoms with Crippen LogP contribution in [0.4, 0.5) is 66.7 Å². The van der Waals surface area contributed by atoms with Gasteiger partial charge in [0.1, 0.15) is 29.1 Å². The number of likely N-dealkylation sites (tertiary alicyclic amines) is 4. The second kappa shape index (κ2) is 50.2. The molecule has 4 aromatic carbocycles. The summed E-state index contributed by atoms with van der Waals surface area (Å²) in [6.45, 7) is 16.7. The maximum Gasteiger partial charge on any atom is 0.416 e. The maximum atomic E-state index is 13.3. The van der Waals surface area contributed by atoms with Crippen molar-refractivity contribution in [3.63, 3.8) is 0 Å². The first-order chi connectivity index (χ1) is 64.4. The molecule has 20 rings (SSSR count). The number of nitrogens with zero attached hydrogens (tertiary/aromatic N) is 20. The van der Waals surface area contributed by atoms with Gasteiger partial charge in [0.15, 0.2) is 20.6 Å². The molecule has 4 aromatic heterocycles. The molecule has 2 unspecified atom stereocenters. The summed E-state index contributed by atoms with van der Waals surface area (Å²) in [6.07, 6.45) is 22.0. The first kappa shape index (κ1) is 109. The fourth-order valence-corrected chi connectivity index (χ4v) is 27.2. The van der Waals surface area contributed by atoms with Gasteiger partial charge in [-0.05, 0) is 250 Å². The molecule has 8 aliphatic heterocycles. The molecule has 38 heteroatoms. The van der Waals surface area contributed by atoms with Crippen molar-refractivity contribution in [1.82, 2.24) is 78.7 Å². The Morgan fingerprint density at radius 1 is 0.270 bits per heavy atom. The minimum atomic E-state index is -4.28. The molecule has 12 fully saturated rings. The first-order valence-corrected chi connectivity index (χ1v) is 53.6. The zero-order chi connectivity index (χ0) is 92.3. The van der Waals surface area contributed by atoms with E-state index in [1.165, 1.54) is 196 Å². The first-order valence-electron chi connectivity index (χ1n) is 49.7. The van der Waals surface area contributed by atoms with Gasteiger partial charge in [-0.3, -0.25) is 0 Å². The molecule has 8 saturated heterocycles. The van der Waals surface area contributed by atoms with Crippen LogP contribution in [0.15, 0.2) is 118 Å². The average Bonchev–Trinajstić information content (AvgIpc) is 1.64. The summed E-state index contributed by atoms with van der Waals surface area (Å²) in [5.41, 5.74) is 2.17. The number of thioether (sulfide) groups is 4. The molecule has 20 nitrogen and oxygen atoms in total. The molecule has 4 saturated carbocycles. The summed E-state index contributed by atoms with van der Waals surface area (Å²) < 4.78 is 138. The Balaban J connectivity index is 0.000000153. The molecule has 8 atom stereocenters. The van der Waals surface area contributed by atoms with Crippen molar-refractivity contribution in [2.45, 2.75) is 267 Å². The fraction of sp³-hybridized carbons (Fsp3) is 0.677. The molecule has 0 amide bonds. The molecule has 137 heavy (non-hydrogen) atoms. The van der Waals surface area contributed by atoms with E-state index in [1.54, 1.807) is 83.8 Å². The highest BCUT2D eigenvalue weighted by Gasteiger charge is 2.47. The number of hydrogen-bond donors (Lipinski definition) is 0. The standard InChI is InChI=1S/3C25H34F3N5S.C24H34FN5S.4ClH/c3*1-31-23(18-6-3-2-4-7-18)29-30-24(31)34-15-5-13-32-16-19-12-14-33(22(19)17-32)21-10-8-20(9-11-21)25(26,27)28;1-28-23(18-6-3-2-4-7-18)26-27-24(28)31-15-5-13-29-16-19-12-14-30(22(19)17-29)21-10-8-20(25)9-11-21;;;;/h3*8-11,18-19,22H,2-7,12-17H2,1H3;8-11,18-19,22H,2-7,12-17H2,1H3;4*1H/t3*19-,22+;;;;;/m110...../s1. The molecule has 0 N–H and O–H groups in total. The summed E-state index contributed by atoms with van der Waals surface area (Å²) in [5, 5.41) is 40.0. The maximum absolute atomic E-state index is 13.3. The molecule has 0 radical (unpaired) electrons. The van der Waals surface area contributed by atoms with Crippen molar-refractivity contribution < 1.29 is 43.9 Å². The quantitative estimate of drug-likeness (QED) is 0.0260. The van der Waals surface area contributed by atoms with Gasteiger partial charge < -0.3 is 57.5 Å². The van der Waals surface area contributed by atoms with E-state index in [2.05, 4.69) is 126 Å². The molecule has 12 aliphatic rings. The van der Waals surface area contributed by atoms with E-state index in [-0.39, 0.29) is 55.4 Å². The van der Waals surface area contributed by atoms with Gasteiger partial charge in [-0.15, -0.1) is 90.4 Å². The Morgan fingerprint density at radius 2 is 0.474 bits per heavy atom. The molecule has 4 aliphatic carbocycles. The van der Waals surface area contributed by atoms with Gasteiger partial charge in [-0.25, -0.2) is 4.39 Å². The number of hydrogen-bond acceptors (Lipinski definition) is 20. The average molecular weight is 2070 g/mol. The molecule has 758 valence electrons. The smallest absolute Gasteiger partial charge is 0.367 e. The van der Waals surface area contributed by atoms with Crippen LogP contribution in [0.25, 0.3) is 0 Å². The normalized spacial score (nSPS) is 23.6. The van der Waals surface area contributed by atoms with Gasteiger partial charge in [0.05, 0.1) is 16.7 Å². The molecule has 8 aromatic rings. The second-order valence-electron chi connectivity index (χ2n) is 39.6. The largest absolute Gasteiger partial charge is 0.416 e. The molecular formula is C99H140Cl4F10N20S4. The minimum Gasteiger partial charge on any atom is -0.367 e. The predicted octanol–water partition coefficient (Wildman–Crippen LogP) is 23.1. The van der Waals surface area contributed by atoms with E-state index < -0.39 is 35.2 Å². The van der Waals surface area contributed by atoms with E-state index in [0.29, 0.717) is 65.6 Å². The van der Waals surface area contributed by atoms with Crippen LogP contribution in [0.1, 0.15) is 243 Å². The van der Waals surface area contributed by atoms with Crippen LogP contribution in [0.2, 0.25) is 0 Å². The molecular weight excluding hydrogens is 1930 g/mol. The highest BCUT2D eigenvalue weighted by Crippen LogP contribution is 2.45. The van der Waals surface area contributed by atoms with Crippen LogP contribution < -0.4 is 19.6 Å². The van der Waals surface area contributed by atoms with Crippen LogP contribution in [0.3, 0.4) is 0 Å². The third-order valence-electron chi connectivity index (χ3n) is 31.0. The van der Waals surface area contributed by atoms with Gasteiger partial charge in [-0.2, -0.15) is 39.5 Å². The van der Waals surface area contributed by atoms with E-state index in [9.17, 15) is 43.9 Å². The van der Waals surface area contributed by atoms with Crippen molar-refractivity contribution in [2.24, 2.45) is 51.9 Å². The van der Waals surface area contributed by atoms with E-state index in [4.69, 9.17) is 0 Å². The number of alkyl halides is 9. The predicted molar refractivity (Wildman–Crippen MR) is 541 cm³/mol. The van der Waals surface area contributed by atoms with Gasteiger partial charge in [0.25, 0.3) is 0 Å². The van der Waals surface area contributed by atoms with Crippen LogP contribution in [-0.2, 0) is 46.7 Å². The van der Waals surface area contributed by atoms with Crippen LogP contribution in [-0.4, -0.2) is 231 Å². The summed E-state index contributed by atoms with van der Waals surface area (Å²) >= 11 is 7.25.